The molecule has 2 aliphatic heterocycles. The van der Waals surface area contributed by atoms with Crippen LogP contribution in [0.5, 0.6) is 0 Å². The van der Waals surface area contributed by atoms with Crippen LogP contribution in [0.2, 0.25) is 0 Å². The van der Waals surface area contributed by atoms with Crippen LogP contribution in [0.4, 0.5) is 0 Å². The molecule has 0 N–H and O–H groups in total. The second-order valence-corrected chi connectivity index (χ2v) is 5.72. The van der Waals surface area contributed by atoms with Crippen LogP contribution in [0.1, 0.15) is 30.3 Å². The standard InChI is InChI=1S/C14H21N3O2/c1-16-6-5-10(8-16)13-15-7-12-4-3-11(9-17(12)13)14(18)19-2/h7,10-11H,3-6,8-9H2,1-2H3. The Morgan fingerprint density at radius 1 is 1.42 bits per heavy atom. The van der Waals surface area contributed by atoms with E-state index in [1.54, 1.807) is 0 Å². The SMILES string of the molecule is COC(=O)C1CCc2cnc(C3CCN(C)C3)n2C1. The van der Waals surface area contributed by atoms with Crippen LogP contribution >= 0.6 is 0 Å². The van der Waals surface area contributed by atoms with Gasteiger partial charge in [0.05, 0.1) is 13.0 Å². The van der Waals surface area contributed by atoms with Crippen molar-refractivity contribution in [1.82, 2.24) is 14.5 Å². The van der Waals surface area contributed by atoms with Crippen LogP contribution in [-0.2, 0) is 22.5 Å². The molecule has 1 fully saturated rings. The van der Waals surface area contributed by atoms with Gasteiger partial charge in [-0.2, -0.15) is 0 Å². The zero-order chi connectivity index (χ0) is 13.4. The summed E-state index contributed by atoms with van der Waals surface area (Å²) < 4.78 is 7.14. The second kappa shape index (κ2) is 4.96. The number of likely N-dealkylation sites (N-methyl/N-ethyl adjacent to an activating group) is 1. The van der Waals surface area contributed by atoms with Crippen molar-refractivity contribution in [1.29, 1.82) is 0 Å². The Balaban J connectivity index is 1.82. The van der Waals surface area contributed by atoms with Gasteiger partial charge in [-0.3, -0.25) is 4.79 Å². The molecule has 0 radical (unpaired) electrons. The van der Waals surface area contributed by atoms with Crippen molar-refractivity contribution in [3.63, 3.8) is 0 Å². The number of carbonyl (C=O) groups excluding carboxylic acids is 1. The van der Waals surface area contributed by atoms with Crippen molar-refractivity contribution in [2.24, 2.45) is 5.92 Å². The zero-order valence-corrected chi connectivity index (χ0v) is 11.6. The molecule has 5 heteroatoms. The number of carbonyl (C=O) groups is 1. The van der Waals surface area contributed by atoms with E-state index in [0.29, 0.717) is 5.92 Å². The average molecular weight is 263 g/mol. The fraction of sp³-hybridized carbons (Fsp3) is 0.714. The molecule has 1 aromatic heterocycles. The Morgan fingerprint density at radius 3 is 2.95 bits per heavy atom. The van der Waals surface area contributed by atoms with E-state index in [-0.39, 0.29) is 11.9 Å². The number of imidazole rings is 1. The molecule has 5 nitrogen and oxygen atoms in total. The highest BCUT2D eigenvalue weighted by Crippen LogP contribution is 2.30. The third kappa shape index (κ3) is 2.27. The smallest absolute Gasteiger partial charge is 0.310 e. The van der Waals surface area contributed by atoms with E-state index in [2.05, 4.69) is 21.5 Å². The number of hydrogen-bond acceptors (Lipinski definition) is 4. The first-order valence-electron chi connectivity index (χ1n) is 6.99. The van der Waals surface area contributed by atoms with Crippen LogP contribution in [0.3, 0.4) is 0 Å². The second-order valence-electron chi connectivity index (χ2n) is 5.72. The van der Waals surface area contributed by atoms with Crippen molar-refractivity contribution in [3.05, 3.63) is 17.7 Å². The van der Waals surface area contributed by atoms with E-state index in [9.17, 15) is 4.79 Å². The first-order chi connectivity index (χ1) is 9.19. The van der Waals surface area contributed by atoms with Gasteiger partial charge < -0.3 is 14.2 Å². The van der Waals surface area contributed by atoms with Gasteiger partial charge in [-0.25, -0.2) is 4.98 Å². The fourth-order valence-corrected chi connectivity index (χ4v) is 3.30. The third-order valence-corrected chi connectivity index (χ3v) is 4.41. The van der Waals surface area contributed by atoms with Gasteiger partial charge in [-0.05, 0) is 32.9 Å². The van der Waals surface area contributed by atoms with Crippen molar-refractivity contribution < 1.29 is 9.53 Å². The minimum Gasteiger partial charge on any atom is -0.469 e. The monoisotopic (exact) mass is 263 g/mol. The lowest BCUT2D eigenvalue weighted by Gasteiger charge is -2.25. The number of nitrogens with zero attached hydrogens (tertiary/aromatic N) is 3. The maximum atomic E-state index is 11.7. The molecule has 19 heavy (non-hydrogen) atoms. The van der Waals surface area contributed by atoms with Gasteiger partial charge in [0.15, 0.2) is 0 Å². The van der Waals surface area contributed by atoms with Crippen LogP contribution < -0.4 is 0 Å². The third-order valence-electron chi connectivity index (χ3n) is 4.41. The van der Waals surface area contributed by atoms with Gasteiger partial charge in [0.1, 0.15) is 5.82 Å². The van der Waals surface area contributed by atoms with Gasteiger partial charge in [0.2, 0.25) is 0 Å². The van der Waals surface area contributed by atoms with Gasteiger partial charge in [0, 0.05) is 30.9 Å². The van der Waals surface area contributed by atoms with Gasteiger partial charge in [-0.15, -0.1) is 0 Å². The first-order valence-corrected chi connectivity index (χ1v) is 6.99. The zero-order valence-electron chi connectivity index (χ0n) is 11.6. The highest BCUT2D eigenvalue weighted by Gasteiger charge is 2.31. The molecule has 0 aliphatic carbocycles. The molecule has 2 unspecified atom stereocenters. The summed E-state index contributed by atoms with van der Waals surface area (Å²) in [7, 11) is 3.62. The predicted molar refractivity (Wildman–Crippen MR) is 70.9 cm³/mol. The molecule has 104 valence electrons. The maximum Gasteiger partial charge on any atom is 0.310 e. The van der Waals surface area contributed by atoms with Gasteiger partial charge in [0.25, 0.3) is 0 Å². The molecule has 1 aromatic rings. The van der Waals surface area contributed by atoms with E-state index >= 15 is 0 Å². The summed E-state index contributed by atoms with van der Waals surface area (Å²) in [6.07, 6.45) is 4.95. The Labute approximate surface area is 113 Å². The molecular weight excluding hydrogens is 242 g/mol. The molecule has 2 atom stereocenters. The van der Waals surface area contributed by atoms with Crippen molar-refractivity contribution in [3.8, 4) is 0 Å². The number of rotatable bonds is 2. The van der Waals surface area contributed by atoms with Crippen molar-refractivity contribution in [2.45, 2.75) is 31.7 Å². The lowest BCUT2D eigenvalue weighted by Crippen LogP contribution is -2.29. The predicted octanol–water partition coefficient (Wildman–Crippen LogP) is 1.04. The molecule has 0 bridgehead atoms. The molecular formula is C14H21N3O2. The highest BCUT2D eigenvalue weighted by molar-refractivity contribution is 5.72. The molecule has 2 aliphatic rings. The molecule has 0 spiro atoms. The summed E-state index contributed by atoms with van der Waals surface area (Å²) in [6, 6.07) is 0. The minimum absolute atomic E-state index is 0.00965. The quantitative estimate of drug-likeness (QED) is 0.748. The summed E-state index contributed by atoms with van der Waals surface area (Å²) in [5.41, 5.74) is 1.27. The highest BCUT2D eigenvalue weighted by atomic mass is 16.5. The Morgan fingerprint density at radius 2 is 2.26 bits per heavy atom. The number of hydrogen-bond donors (Lipinski definition) is 0. The van der Waals surface area contributed by atoms with E-state index in [0.717, 1.165) is 44.7 Å². The summed E-state index contributed by atoms with van der Waals surface area (Å²) in [5.74, 6) is 1.57. The van der Waals surface area contributed by atoms with Gasteiger partial charge >= 0.3 is 5.97 Å². The van der Waals surface area contributed by atoms with Gasteiger partial charge in [-0.1, -0.05) is 0 Å². The minimum atomic E-state index is -0.0890. The normalized spacial score (nSPS) is 27.3. The number of aromatic nitrogens is 2. The van der Waals surface area contributed by atoms with Crippen LogP contribution in [0.15, 0.2) is 6.20 Å². The molecule has 0 amide bonds. The number of likely N-dealkylation sites (tertiary alicyclic amines) is 1. The molecule has 3 rings (SSSR count). The summed E-state index contributed by atoms with van der Waals surface area (Å²) in [4.78, 5) is 18.7. The van der Waals surface area contributed by atoms with Crippen molar-refractivity contribution in [2.75, 3.05) is 27.2 Å². The maximum absolute atomic E-state index is 11.7. The Hall–Kier alpha value is -1.36. The summed E-state index contributed by atoms with van der Waals surface area (Å²) in [6.45, 7) is 2.93. The topological polar surface area (TPSA) is 47.4 Å². The average Bonchev–Trinajstić information content (AvgIpc) is 3.02. The van der Waals surface area contributed by atoms with E-state index in [1.165, 1.54) is 12.8 Å². The number of aryl methyl sites for hydroxylation is 1. The Kier molecular flexibility index (Phi) is 3.31. The lowest BCUT2D eigenvalue weighted by molar-refractivity contribution is -0.146. The number of esters is 1. The van der Waals surface area contributed by atoms with E-state index in [1.807, 2.05) is 6.20 Å². The van der Waals surface area contributed by atoms with E-state index in [4.69, 9.17) is 4.74 Å². The lowest BCUT2D eigenvalue weighted by atomic mass is 9.97. The van der Waals surface area contributed by atoms with Crippen LogP contribution in [-0.4, -0.2) is 47.7 Å². The summed E-state index contributed by atoms with van der Waals surface area (Å²) >= 11 is 0. The largest absolute Gasteiger partial charge is 0.469 e. The Bertz CT molecular complexity index is 483. The van der Waals surface area contributed by atoms with Crippen LogP contribution in [0, 0.1) is 5.92 Å². The molecule has 1 saturated heterocycles. The van der Waals surface area contributed by atoms with Crippen LogP contribution in [0.25, 0.3) is 0 Å². The van der Waals surface area contributed by atoms with E-state index < -0.39 is 0 Å². The number of methoxy groups -OCH3 is 1. The molecule has 3 heterocycles. The molecule has 0 aromatic carbocycles. The fourth-order valence-electron chi connectivity index (χ4n) is 3.30. The first kappa shape index (κ1) is 12.7. The number of fused-ring (bicyclic) bond motifs is 1. The molecule has 0 saturated carbocycles. The number of ether oxygens (including phenoxy) is 1. The van der Waals surface area contributed by atoms with Crippen molar-refractivity contribution >= 4 is 5.97 Å². The summed E-state index contributed by atoms with van der Waals surface area (Å²) in [5, 5.41) is 0.